The number of carbonyl (C=O) groups is 1. The van der Waals surface area contributed by atoms with Gasteiger partial charge in [0, 0.05) is 51.3 Å². The molecule has 22 heavy (non-hydrogen) atoms. The van der Waals surface area contributed by atoms with Crippen LogP contribution in [0.4, 0.5) is 4.79 Å². The van der Waals surface area contributed by atoms with Crippen molar-refractivity contribution in [2.75, 3.05) is 53.0 Å². The molecule has 1 fully saturated rings. The van der Waals surface area contributed by atoms with Crippen LogP contribution in [0.2, 0.25) is 0 Å². The summed E-state index contributed by atoms with van der Waals surface area (Å²) >= 11 is 1.69. The van der Waals surface area contributed by atoms with Gasteiger partial charge in [-0.3, -0.25) is 4.90 Å². The quantitative estimate of drug-likeness (QED) is 0.769. The summed E-state index contributed by atoms with van der Waals surface area (Å²) in [5, 5.41) is 3.02. The lowest BCUT2D eigenvalue weighted by Gasteiger charge is -2.34. The summed E-state index contributed by atoms with van der Waals surface area (Å²) < 4.78 is 5.09. The molecule has 1 aromatic rings. The highest BCUT2D eigenvalue weighted by Crippen LogP contribution is 2.13. The van der Waals surface area contributed by atoms with Gasteiger partial charge >= 0.3 is 6.03 Å². The fourth-order valence-electron chi connectivity index (χ4n) is 2.52. The Morgan fingerprint density at radius 1 is 1.41 bits per heavy atom. The van der Waals surface area contributed by atoms with Crippen LogP contribution in [0.1, 0.15) is 17.0 Å². The number of nitrogens with one attached hydrogen (secondary N) is 1. The van der Waals surface area contributed by atoms with Gasteiger partial charge < -0.3 is 15.0 Å². The Hall–Kier alpha value is -1.18. The first-order valence-corrected chi connectivity index (χ1v) is 8.71. The molecule has 1 aliphatic rings. The van der Waals surface area contributed by atoms with E-state index in [1.807, 2.05) is 17.3 Å². The molecule has 1 aliphatic heterocycles. The number of amides is 2. The van der Waals surface area contributed by atoms with Crippen LogP contribution in [0, 0.1) is 6.92 Å². The van der Waals surface area contributed by atoms with Crippen molar-refractivity contribution in [3.63, 3.8) is 0 Å². The first-order chi connectivity index (χ1) is 10.7. The number of hydrogen-bond donors (Lipinski definition) is 1. The van der Waals surface area contributed by atoms with E-state index in [-0.39, 0.29) is 6.03 Å². The van der Waals surface area contributed by atoms with Crippen molar-refractivity contribution in [3.05, 3.63) is 16.1 Å². The van der Waals surface area contributed by atoms with Crippen LogP contribution in [0.25, 0.3) is 0 Å². The number of carbonyl (C=O) groups excluding carboxylic acids is 1. The average Bonchev–Trinajstić information content (AvgIpc) is 2.95. The Labute approximate surface area is 136 Å². The molecule has 2 heterocycles. The predicted molar refractivity (Wildman–Crippen MR) is 88.5 cm³/mol. The van der Waals surface area contributed by atoms with Crippen molar-refractivity contribution in [2.45, 2.75) is 19.8 Å². The van der Waals surface area contributed by atoms with E-state index in [9.17, 15) is 4.79 Å². The third kappa shape index (κ3) is 5.23. The largest absolute Gasteiger partial charge is 0.383 e. The Kier molecular flexibility index (Phi) is 7.08. The molecule has 0 radical (unpaired) electrons. The van der Waals surface area contributed by atoms with E-state index in [0.29, 0.717) is 0 Å². The Bertz CT molecular complexity index is 458. The summed E-state index contributed by atoms with van der Waals surface area (Å²) in [5.74, 6) is 0. The molecule has 0 atom stereocenters. The third-order valence-electron chi connectivity index (χ3n) is 3.97. The number of methoxy groups -OCH3 is 1. The van der Waals surface area contributed by atoms with Gasteiger partial charge in [0.05, 0.1) is 17.8 Å². The van der Waals surface area contributed by atoms with Gasteiger partial charge in [0.2, 0.25) is 0 Å². The van der Waals surface area contributed by atoms with Gasteiger partial charge in [-0.15, -0.1) is 11.3 Å². The SMILES string of the molecule is COCCN1CCN(C(=O)NCCCc2scnc2C)CC1. The lowest BCUT2D eigenvalue weighted by atomic mass is 10.2. The van der Waals surface area contributed by atoms with Crippen LogP contribution in [0.5, 0.6) is 0 Å². The topological polar surface area (TPSA) is 57.7 Å². The van der Waals surface area contributed by atoms with E-state index in [1.54, 1.807) is 18.4 Å². The molecule has 1 aromatic heterocycles. The number of aryl methyl sites for hydroxylation is 2. The van der Waals surface area contributed by atoms with Crippen LogP contribution in [0.15, 0.2) is 5.51 Å². The van der Waals surface area contributed by atoms with Crippen molar-refractivity contribution in [2.24, 2.45) is 0 Å². The fourth-order valence-corrected chi connectivity index (χ4v) is 3.34. The number of piperazine rings is 1. The molecule has 0 aromatic carbocycles. The predicted octanol–water partition coefficient (Wildman–Crippen LogP) is 1.36. The number of thiazole rings is 1. The van der Waals surface area contributed by atoms with Gasteiger partial charge in [0.1, 0.15) is 0 Å². The second-order valence-corrected chi connectivity index (χ2v) is 6.46. The standard InChI is InChI=1S/C15H26N4O2S/c1-13-14(22-12-17-13)4-3-5-16-15(20)19-8-6-18(7-9-19)10-11-21-2/h12H,3-11H2,1-2H3,(H,16,20). The van der Waals surface area contributed by atoms with Gasteiger partial charge in [0.15, 0.2) is 0 Å². The molecule has 0 spiro atoms. The molecule has 0 aliphatic carbocycles. The maximum atomic E-state index is 12.1. The molecule has 0 saturated carbocycles. The van der Waals surface area contributed by atoms with Gasteiger partial charge in [-0.2, -0.15) is 0 Å². The lowest BCUT2D eigenvalue weighted by Crippen LogP contribution is -2.52. The minimum atomic E-state index is 0.0624. The minimum Gasteiger partial charge on any atom is -0.383 e. The molecule has 2 amide bonds. The number of ether oxygens (including phenoxy) is 1. The zero-order valence-corrected chi connectivity index (χ0v) is 14.3. The van der Waals surface area contributed by atoms with Crippen molar-refractivity contribution in [1.82, 2.24) is 20.1 Å². The highest BCUT2D eigenvalue weighted by atomic mass is 32.1. The average molecular weight is 326 g/mol. The number of hydrogen-bond acceptors (Lipinski definition) is 5. The second kappa shape index (κ2) is 9.07. The molecule has 7 heteroatoms. The summed E-state index contributed by atoms with van der Waals surface area (Å²) in [5.41, 5.74) is 3.00. The van der Waals surface area contributed by atoms with E-state index >= 15 is 0 Å². The smallest absolute Gasteiger partial charge is 0.317 e. The molecule has 6 nitrogen and oxygen atoms in total. The lowest BCUT2D eigenvalue weighted by molar-refractivity contribution is 0.106. The first-order valence-electron chi connectivity index (χ1n) is 7.83. The van der Waals surface area contributed by atoms with Gasteiger partial charge in [-0.1, -0.05) is 0 Å². The first kappa shape index (κ1) is 17.2. The van der Waals surface area contributed by atoms with E-state index in [0.717, 1.165) is 64.4 Å². The van der Waals surface area contributed by atoms with Crippen molar-refractivity contribution in [3.8, 4) is 0 Å². The third-order valence-corrected chi connectivity index (χ3v) is 4.97. The summed E-state index contributed by atoms with van der Waals surface area (Å²) in [6, 6.07) is 0.0624. The normalized spacial score (nSPS) is 16.0. The van der Waals surface area contributed by atoms with Gasteiger partial charge in [-0.05, 0) is 19.8 Å². The van der Waals surface area contributed by atoms with E-state index in [2.05, 4.69) is 15.2 Å². The maximum absolute atomic E-state index is 12.1. The molecule has 0 bridgehead atoms. The van der Waals surface area contributed by atoms with Crippen molar-refractivity contribution >= 4 is 17.4 Å². The van der Waals surface area contributed by atoms with E-state index in [4.69, 9.17) is 4.74 Å². The van der Waals surface area contributed by atoms with E-state index < -0.39 is 0 Å². The summed E-state index contributed by atoms with van der Waals surface area (Å²) in [7, 11) is 1.72. The Morgan fingerprint density at radius 2 is 2.18 bits per heavy atom. The zero-order valence-electron chi connectivity index (χ0n) is 13.5. The van der Waals surface area contributed by atoms with Crippen LogP contribution in [-0.2, 0) is 11.2 Å². The molecule has 1 saturated heterocycles. The molecule has 124 valence electrons. The minimum absolute atomic E-state index is 0.0624. The molecular formula is C15H26N4O2S. The monoisotopic (exact) mass is 326 g/mol. The highest BCUT2D eigenvalue weighted by molar-refractivity contribution is 7.09. The van der Waals surface area contributed by atoms with Gasteiger partial charge in [0.25, 0.3) is 0 Å². The number of rotatable bonds is 7. The molecule has 2 rings (SSSR count). The van der Waals surface area contributed by atoms with Gasteiger partial charge in [-0.25, -0.2) is 9.78 Å². The van der Waals surface area contributed by atoms with Crippen LogP contribution in [0.3, 0.4) is 0 Å². The zero-order chi connectivity index (χ0) is 15.8. The molecule has 1 N–H and O–H groups in total. The molecule has 0 unspecified atom stereocenters. The van der Waals surface area contributed by atoms with Crippen LogP contribution in [-0.4, -0.2) is 73.8 Å². The summed E-state index contributed by atoms with van der Waals surface area (Å²) in [6.07, 6.45) is 1.95. The Morgan fingerprint density at radius 3 is 2.82 bits per heavy atom. The van der Waals surface area contributed by atoms with Crippen molar-refractivity contribution < 1.29 is 9.53 Å². The fraction of sp³-hybridized carbons (Fsp3) is 0.733. The number of nitrogens with zero attached hydrogens (tertiary/aromatic N) is 3. The maximum Gasteiger partial charge on any atom is 0.317 e. The second-order valence-electron chi connectivity index (χ2n) is 5.52. The van der Waals surface area contributed by atoms with E-state index in [1.165, 1.54) is 4.88 Å². The van der Waals surface area contributed by atoms with Crippen molar-refractivity contribution in [1.29, 1.82) is 0 Å². The van der Waals surface area contributed by atoms with Crippen LogP contribution >= 0.6 is 11.3 Å². The Balaban J connectivity index is 1.59. The molecular weight excluding hydrogens is 300 g/mol. The number of urea groups is 1. The summed E-state index contributed by atoms with van der Waals surface area (Å²) in [6.45, 7) is 7.90. The number of aromatic nitrogens is 1. The summed E-state index contributed by atoms with van der Waals surface area (Å²) in [4.78, 5) is 21.9. The van der Waals surface area contributed by atoms with Crippen LogP contribution < -0.4 is 5.32 Å². The highest BCUT2D eigenvalue weighted by Gasteiger charge is 2.20.